The fraction of sp³-hybridized carbons (Fsp3) is 0.160. The summed E-state index contributed by atoms with van der Waals surface area (Å²) >= 11 is 1.67. The zero-order chi connectivity index (χ0) is 22.8. The minimum atomic E-state index is -0.426. The van der Waals surface area contributed by atoms with E-state index in [1.54, 1.807) is 29.0 Å². The smallest absolute Gasteiger partial charge is 0.322 e. The first-order valence-corrected chi connectivity index (χ1v) is 11.7. The van der Waals surface area contributed by atoms with Gasteiger partial charge in [0, 0.05) is 16.2 Å². The maximum atomic E-state index is 13.1. The summed E-state index contributed by atoms with van der Waals surface area (Å²) in [4.78, 5) is 20.6. The molecule has 1 aliphatic rings. The van der Waals surface area contributed by atoms with Crippen molar-refractivity contribution in [1.82, 2.24) is 20.4 Å². The van der Waals surface area contributed by atoms with Gasteiger partial charge in [0.05, 0.1) is 24.4 Å². The summed E-state index contributed by atoms with van der Waals surface area (Å²) in [5.41, 5.74) is 3.29. The fourth-order valence-corrected chi connectivity index (χ4v) is 4.30. The number of furan rings is 1. The second-order valence-corrected chi connectivity index (χ2v) is 8.49. The molecule has 0 saturated heterocycles. The number of aromatic nitrogens is 2. The van der Waals surface area contributed by atoms with Crippen LogP contribution in [0.25, 0.3) is 17.0 Å². The van der Waals surface area contributed by atoms with E-state index >= 15 is 0 Å². The lowest BCUT2D eigenvalue weighted by Gasteiger charge is -2.34. The maximum Gasteiger partial charge on any atom is 0.322 e. The number of urea groups is 1. The van der Waals surface area contributed by atoms with Gasteiger partial charge < -0.3 is 14.3 Å². The lowest BCUT2D eigenvalue weighted by atomic mass is 9.94. The number of nitrogens with one attached hydrogen (secondary N) is 1. The molecule has 0 spiro atoms. The van der Waals surface area contributed by atoms with Gasteiger partial charge in [-0.2, -0.15) is 4.98 Å². The third kappa shape index (κ3) is 4.17. The molecule has 1 N–H and O–H groups in total. The van der Waals surface area contributed by atoms with E-state index in [-0.39, 0.29) is 6.03 Å². The van der Waals surface area contributed by atoms with E-state index in [1.807, 2.05) is 73.8 Å². The van der Waals surface area contributed by atoms with Crippen molar-refractivity contribution in [3.05, 3.63) is 95.9 Å². The van der Waals surface area contributed by atoms with E-state index in [0.717, 1.165) is 27.3 Å². The SMILES string of the molecule is CSc1ccc(C2NC(=O)N(Cc3ccco3)C(C)=C2c2nc(-c3ccccc3)no2)cc1. The third-order valence-corrected chi connectivity index (χ3v) is 6.37. The van der Waals surface area contributed by atoms with Crippen LogP contribution >= 0.6 is 11.8 Å². The second-order valence-electron chi connectivity index (χ2n) is 7.61. The summed E-state index contributed by atoms with van der Waals surface area (Å²) in [6.45, 7) is 2.19. The molecule has 2 aromatic heterocycles. The Bertz CT molecular complexity index is 1280. The lowest BCUT2D eigenvalue weighted by molar-refractivity contribution is 0.199. The number of carbonyl (C=O) groups excluding carboxylic acids is 1. The number of rotatable bonds is 6. The minimum absolute atomic E-state index is 0.214. The van der Waals surface area contributed by atoms with Crippen LogP contribution in [0.15, 0.2) is 92.5 Å². The van der Waals surface area contributed by atoms with Crippen molar-refractivity contribution in [2.45, 2.75) is 24.4 Å². The minimum Gasteiger partial charge on any atom is -0.467 e. The van der Waals surface area contributed by atoms with E-state index in [0.29, 0.717) is 24.0 Å². The number of carbonyl (C=O) groups is 1. The Morgan fingerprint density at radius 1 is 1.06 bits per heavy atom. The van der Waals surface area contributed by atoms with Crippen LogP contribution in [0, 0.1) is 0 Å². The summed E-state index contributed by atoms with van der Waals surface area (Å²) in [7, 11) is 0. The van der Waals surface area contributed by atoms with E-state index in [2.05, 4.69) is 15.5 Å². The van der Waals surface area contributed by atoms with E-state index in [1.165, 1.54) is 0 Å². The highest BCUT2D eigenvalue weighted by molar-refractivity contribution is 7.98. The quantitative estimate of drug-likeness (QED) is 0.371. The maximum absolute atomic E-state index is 13.1. The van der Waals surface area contributed by atoms with Crippen LogP contribution in [0.5, 0.6) is 0 Å². The lowest BCUT2D eigenvalue weighted by Crippen LogP contribution is -2.45. The van der Waals surface area contributed by atoms with Gasteiger partial charge in [-0.1, -0.05) is 47.6 Å². The number of hydrogen-bond donors (Lipinski definition) is 1. The molecule has 8 heteroatoms. The highest BCUT2D eigenvalue weighted by atomic mass is 32.2. The summed E-state index contributed by atoms with van der Waals surface area (Å²) in [6.07, 6.45) is 3.63. The van der Waals surface area contributed by atoms with Gasteiger partial charge >= 0.3 is 6.03 Å². The van der Waals surface area contributed by atoms with Crippen LogP contribution in [0.1, 0.15) is 30.2 Å². The largest absolute Gasteiger partial charge is 0.467 e. The number of thioether (sulfide) groups is 1. The molecule has 1 atom stereocenters. The average Bonchev–Trinajstić information content (AvgIpc) is 3.54. The molecule has 0 fully saturated rings. The van der Waals surface area contributed by atoms with E-state index in [4.69, 9.17) is 8.94 Å². The molecule has 0 aliphatic carbocycles. The Labute approximate surface area is 195 Å². The van der Waals surface area contributed by atoms with Crippen molar-refractivity contribution in [2.75, 3.05) is 6.26 Å². The molecular weight excluding hydrogens is 436 g/mol. The van der Waals surface area contributed by atoms with Crippen LogP contribution in [0.3, 0.4) is 0 Å². The average molecular weight is 459 g/mol. The van der Waals surface area contributed by atoms with Crippen molar-refractivity contribution in [3.63, 3.8) is 0 Å². The molecule has 1 unspecified atom stereocenters. The molecule has 7 nitrogen and oxygen atoms in total. The Morgan fingerprint density at radius 3 is 2.55 bits per heavy atom. The van der Waals surface area contributed by atoms with Crippen LogP contribution < -0.4 is 5.32 Å². The first-order chi connectivity index (χ1) is 16.1. The Kier molecular flexibility index (Phi) is 5.75. The standard InChI is InChI=1S/C25H22N4O3S/c1-16-21(24-27-23(28-32-24)18-7-4-3-5-8-18)22(17-10-12-20(33-2)13-11-17)26-25(30)29(16)15-19-9-6-14-31-19/h3-14,22H,15H2,1-2H3,(H,26,30). The Morgan fingerprint density at radius 2 is 1.85 bits per heavy atom. The molecule has 0 radical (unpaired) electrons. The molecule has 2 aromatic carbocycles. The van der Waals surface area contributed by atoms with Crippen LogP contribution in [0.2, 0.25) is 0 Å². The topological polar surface area (TPSA) is 84.4 Å². The fourth-order valence-electron chi connectivity index (χ4n) is 3.89. The number of nitrogens with zero attached hydrogens (tertiary/aromatic N) is 3. The Balaban J connectivity index is 1.59. The summed E-state index contributed by atoms with van der Waals surface area (Å²) < 4.78 is 11.2. The van der Waals surface area contributed by atoms with Gasteiger partial charge in [0.1, 0.15) is 5.76 Å². The van der Waals surface area contributed by atoms with E-state index < -0.39 is 6.04 Å². The number of hydrogen-bond acceptors (Lipinski definition) is 6. The first kappa shape index (κ1) is 21.1. The zero-order valence-electron chi connectivity index (χ0n) is 18.2. The van der Waals surface area contributed by atoms with Gasteiger partial charge in [0.25, 0.3) is 5.89 Å². The van der Waals surface area contributed by atoms with Gasteiger partial charge in [-0.3, -0.25) is 4.90 Å². The molecule has 2 amide bonds. The van der Waals surface area contributed by atoms with Gasteiger partial charge in [-0.25, -0.2) is 4.79 Å². The first-order valence-electron chi connectivity index (χ1n) is 10.5. The normalized spacial score (nSPS) is 16.2. The number of benzene rings is 2. The van der Waals surface area contributed by atoms with Crippen molar-refractivity contribution in [3.8, 4) is 11.4 Å². The molecule has 5 rings (SSSR count). The summed E-state index contributed by atoms with van der Waals surface area (Å²) in [6, 6.07) is 20.8. The van der Waals surface area contributed by atoms with Crippen LogP contribution in [-0.2, 0) is 6.54 Å². The van der Waals surface area contributed by atoms with Gasteiger partial charge in [0.2, 0.25) is 5.82 Å². The molecule has 166 valence electrons. The van der Waals surface area contributed by atoms with Gasteiger partial charge in [-0.05, 0) is 43.0 Å². The molecule has 4 aromatic rings. The predicted octanol–water partition coefficient (Wildman–Crippen LogP) is 5.75. The van der Waals surface area contributed by atoms with Gasteiger partial charge in [-0.15, -0.1) is 11.8 Å². The predicted molar refractivity (Wildman–Crippen MR) is 126 cm³/mol. The number of amides is 2. The summed E-state index contributed by atoms with van der Waals surface area (Å²) in [5.74, 6) is 1.55. The van der Waals surface area contributed by atoms with Gasteiger partial charge in [0.15, 0.2) is 0 Å². The highest BCUT2D eigenvalue weighted by Crippen LogP contribution is 2.38. The molecule has 0 bridgehead atoms. The van der Waals surface area contributed by atoms with Crippen molar-refractivity contribution in [1.29, 1.82) is 0 Å². The van der Waals surface area contributed by atoms with Crippen LogP contribution in [-0.4, -0.2) is 27.3 Å². The highest BCUT2D eigenvalue weighted by Gasteiger charge is 2.36. The van der Waals surface area contributed by atoms with Crippen LogP contribution in [0.4, 0.5) is 4.79 Å². The molecule has 33 heavy (non-hydrogen) atoms. The second kappa shape index (κ2) is 8.99. The zero-order valence-corrected chi connectivity index (χ0v) is 19.0. The van der Waals surface area contributed by atoms with E-state index in [9.17, 15) is 4.79 Å². The molecule has 1 aliphatic heterocycles. The third-order valence-electron chi connectivity index (χ3n) is 5.63. The van der Waals surface area contributed by atoms with Crippen molar-refractivity contribution < 1.29 is 13.7 Å². The van der Waals surface area contributed by atoms with Crippen molar-refractivity contribution in [2.24, 2.45) is 0 Å². The molecular formula is C25H22N4O3S. The number of allylic oxidation sites excluding steroid dienone is 1. The summed E-state index contributed by atoms with van der Waals surface area (Å²) in [5, 5.41) is 7.31. The molecule has 0 saturated carbocycles. The Hall–Kier alpha value is -3.78. The molecule has 3 heterocycles. The van der Waals surface area contributed by atoms with Crippen molar-refractivity contribution >= 4 is 23.4 Å². The monoisotopic (exact) mass is 458 g/mol.